The van der Waals surface area contributed by atoms with Gasteiger partial charge in [-0.05, 0) is 66.6 Å². The first-order valence-corrected chi connectivity index (χ1v) is 11.5. The van der Waals surface area contributed by atoms with Crippen molar-refractivity contribution in [3.05, 3.63) is 94.0 Å². The van der Waals surface area contributed by atoms with Crippen LogP contribution in [0.4, 0.5) is 5.69 Å². The van der Waals surface area contributed by atoms with Crippen LogP contribution in [0.1, 0.15) is 24.2 Å². The monoisotopic (exact) mass is 498 g/mol. The fourth-order valence-corrected chi connectivity index (χ4v) is 3.66. The molecule has 0 unspecified atom stereocenters. The van der Waals surface area contributed by atoms with E-state index in [2.05, 4.69) is 10.5 Å². The quantitative estimate of drug-likeness (QED) is 0.439. The second-order valence-electron chi connectivity index (χ2n) is 7.54. The topological polar surface area (TPSA) is 66.4 Å². The molecule has 3 aromatic rings. The number of benzene rings is 3. The van der Waals surface area contributed by atoms with Gasteiger partial charge in [0.2, 0.25) is 5.84 Å². The number of likely N-dealkylation sites (N-methyl/N-ethyl adjacent to an activating group) is 1. The van der Waals surface area contributed by atoms with Crippen molar-refractivity contribution in [1.82, 2.24) is 10.4 Å². The van der Waals surface area contributed by atoms with Gasteiger partial charge in [-0.15, -0.1) is 5.10 Å². The minimum Gasteiger partial charge on any atom is -0.489 e. The SMILES string of the molecule is CCOC(=O)C1=NN(c2ccc(Cl)cc2)[C@@H](c2ccc(OCc3ccc(Cl)cc3)cc2)NN1C. The number of carbonyl (C=O) groups is 1. The first-order chi connectivity index (χ1) is 16.4. The number of anilines is 1. The van der Waals surface area contributed by atoms with Gasteiger partial charge in [-0.25, -0.2) is 15.2 Å². The maximum atomic E-state index is 12.4. The lowest BCUT2D eigenvalue weighted by molar-refractivity contribution is -0.136. The van der Waals surface area contributed by atoms with Crippen LogP contribution in [0.15, 0.2) is 77.9 Å². The summed E-state index contributed by atoms with van der Waals surface area (Å²) in [6.45, 7) is 2.45. The van der Waals surface area contributed by atoms with E-state index in [0.29, 0.717) is 16.7 Å². The van der Waals surface area contributed by atoms with Gasteiger partial charge in [-0.3, -0.25) is 5.01 Å². The van der Waals surface area contributed by atoms with Crippen molar-refractivity contribution in [2.45, 2.75) is 19.7 Å². The molecule has 9 heteroatoms. The Morgan fingerprint density at radius 1 is 0.971 bits per heavy atom. The van der Waals surface area contributed by atoms with Crippen LogP contribution in [0.5, 0.6) is 5.75 Å². The molecule has 0 aliphatic carbocycles. The van der Waals surface area contributed by atoms with E-state index < -0.39 is 5.97 Å². The highest BCUT2D eigenvalue weighted by Crippen LogP contribution is 2.31. The second kappa shape index (κ2) is 10.8. The van der Waals surface area contributed by atoms with Crippen LogP contribution in [0.3, 0.4) is 0 Å². The fourth-order valence-electron chi connectivity index (χ4n) is 3.41. The van der Waals surface area contributed by atoms with Crippen molar-refractivity contribution in [1.29, 1.82) is 0 Å². The number of esters is 1. The van der Waals surface area contributed by atoms with Gasteiger partial charge in [0.1, 0.15) is 18.5 Å². The summed E-state index contributed by atoms with van der Waals surface area (Å²) < 4.78 is 11.1. The minimum atomic E-state index is -0.513. The van der Waals surface area contributed by atoms with Crippen LogP contribution < -0.4 is 15.2 Å². The van der Waals surface area contributed by atoms with Crippen molar-refractivity contribution >= 4 is 40.7 Å². The largest absolute Gasteiger partial charge is 0.489 e. The molecule has 0 spiro atoms. The zero-order valence-electron chi connectivity index (χ0n) is 18.7. The summed E-state index contributed by atoms with van der Waals surface area (Å²) in [6, 6.07) is 22.5. The van der Waals surface area contributed by atoms with E-state index in [9.17, 15) is 4.79 Å². The molecule has 1 heterocycles. The Bertz CT molecular complexity index is 1150. The number of hydrazine groups is 1. The number of amidine groups is 1. The highest BCUT2D eigenvalue weighted by Gasteiger charge is 2.32. The molecule has 0 aromatic heterocycles. The molecule has 1 aliphatic rings. The molecule has 1 N–H and O–H groups in total. The smallest absolute Gasteiger partial charge is 0.377 e. The Balaban J connectivity index is 1.57. The molecule has 3 aromatic carbocycles. The Hall–Kier alpha value is -3.26. The summed E-state index contributed by atoms with van der Waals surface area (Å²) in [4.78, 5) is 12.4. The molecule has 1 atom stereocenters. The zero-order chi connectivity index (χ0) is 24.1. The number of carbonyl (C=O) groups excluding carboxylic acids is 1. The molecule has 0 saturated heterocycles. The Kier molecular flexibility index (Phi) is 7.57. The third-order valence-corrected chi connectivity index (χ3v) is 5.65. The van der Waals surface area contributed by atoms with Crippen LogP contribution >= 0.6 is 23.2 Å². The molecule has 7 nitrogen and oxygen atoms in total. The number of ether oxygens (including phenoxy) is 2. The molecule has 1 aliphatic heterocycles. The minimum absolute atomic E-state index is 0.149. The third kappa shape index (κ3) is 5.62. The van der Waals surface area contributed by atoms with E-state index in [4.69, 9.17) is 32.7 Å². The number of halogens is 2. The second-order valence-corrected chi connectivity index (χ2v) is 8.41. The number of hydrogen-bond donors (Lipinski definition) is 1. The van der Waals surface area contributed by atoms with E-state index in [1.165, 1.54) is 0 Å². The van der Waals surface area contributed by atoms with E-state index in [-0.39, 0.29) is 18.6 Å². The van der Waals surface area contributed by atoms with Crippen LogP contribution in [0.2, 0.25) is 10.0 Å². The highest BCUT2D eigenvalue weighted by molar-refractivity contribution is 6.35. The summed E-state index contributed by atoms with van der Waals surface area (Å²) >= 11 is 12.0. The molecule has 34 heavy (non-hydrogen) atoms. The summed E-state index contributed by atoms with van der Waals surface area (Å²) in [6.07, 6.45) is -0.380. The summed E-state index contributed by atoms with van der Waals surface area (Å²) in [5.41, 5.74) is 6.02. The van der Waals surface area contributed by atoms with Gasteiger partial charge in [0.25, 0.3) is 0 Å². The Morgan fingerprint density at radius 2 is 1.59 bits per heavy atom. The molecule has 176 valence electrons. The number of nitrogens with one attached hydrogen (secondary N) is 1. The van der Waals surface area contributed by atoms with E-state index in [1.807, 2.05) is 60.7 Å². The lowest BCUT2D eigenvalue weighted by Crippen LogP contribution is -2.55. The Labute approximate surface area is 208 Å². The average molecular weight is 499 g/mol. The van der Waals surface area contributed by atoms with E-state index in [0.717, 1.165) is 22.6 Å². The number of hydrogen-bond acceptors (Lipinski definition) is 7. The number of hydrazone groups is 1. The van der Waals surface area contributed by atoms with Crippen molar-refractivity contribution in [3.63, 3.8) is 0 Å². The van der Waals surface area contributed by atoms with Gasteiger partial charge in [0.05, 0.1) is 12.3 Å². The van der Waals surface area contributed by atoms with Gasteiger partial charge < -0.3 is 9.47 Å². The molecule has 4 rings (SSSR count). The molecule has 0 saturated carbocycles. The maximum Gasteiger partial charge on any atom is 0.377 e. The van der Waals surface area contributed by atoms with Gasteiger partial charge in [0, 0.05) is 17.1 Å². The molecule has 0 amide bonds. The van der Waals surface area contributed by atoms with E-state index >= 15 is 0 Å². The summed E-state index contributed by atoms with van der Waals surface area (Å²) in [7, 11) is 1.73. The molecule has 0 bridgehead atoms. The van der Waals surface area contributed by atoms with Crippen LogP contribution in [0.25, 0.3) is 0 Å². The van der Waals surface area contributed by atoms with Gasteiger partial charge >= 0.3 is 5.97 Å². The predicted molar refractivity (Wildman–Crippen MR) is 134 cm³/mol. The fraction of sp³-hybridized carbons (Fsp3) is 0.200. The third-order valence-electron chi connectivity index (χ3n) is 5.14. The average Bonchev–Trinajstić information content (AvgIpc) is 2.84. The van der Waals surface area contributed by atoms with Gasteiger partial charge in [-0.2, -0.15) is 0 Å². The lowest BCUT2D eigenvalue weighted by atomic mass is 10.1. The van der Waals surface area contributed by atoms with Crippen LogP contribution in [-0.4, -0.2) is 30.5 Å². The van der Waals surface area contributed by atoms with Crippen LogP contribution in [-0.2, 0) is 16.1 Å². The van der Waals surface area contributed by atoms with E-state index in [1.54, 1.807) is 36.1 Å². The summed E-state index contributed by atoms with van der Waals surface area (Å²) in [5, 5.41) is 9.20. The van der Waals surface area contributed by atoms with Crippen molar-refractivity contribution < 1.29 is 14.3 Å². The Morgan fingerprint density at radius 3 is 2.21 bits per heavy atom. The predicted octanol–water partition coefficient (Wildman–Crippen LogP) is 5.40. The van der Waals surface area contributed by atoms with Gasteiger partial charge in [-0.1, -0.05) is 47.5 Å². The van der Waals surface area contributed by atoms with Crippen molar-refractivity contribution in [2.24, 2.45) is 5.10 Å². The zero-order valence-corrected chi connectivity index (χ0v) is 20.3. The van der Waals surface area contributed by atoms with Crippen LogP contribution in [0, 0.1) is 0 Å². The number of rotatable bonds is 7. The maximum absolute atomic E-state index is 12.4. The lowest BCUT2D eigenvalue weighted by Gasteiger charge is -2.39. The summed E-state index contributed by atoms with van der Waals surface area (Å²) in [5.74, 6) is 0.369. The first kappa shape index (κ1) is 23.9. The molecule has 0 radical (unpaired) electrons. The van der Waals surface area contributed by atoms with Crippen molar-refractivity contribution in [3.8, 4) is 5.75 Å². The number of nitrogens with zero attached hydrogens (tertiary/aromatic N) is 3. The van der Waals surface area contributed by atoms with Crippen molar-refractivity contribution in [2.75, 3.05) is 18.7 Å². The molecular formula is C25H24Cl2N4O3. The normalized spacial score (nSPS) is 15.6. The standard InChI is InChI=1S/C25H24Cl2N4O3/c1-3-33-25(32)24-29-31(21-12-10-20(27)11-13-21)23(28-30(24)2)18-6-14-22(15-7-18)34-16-17-4-8-19(26)9-5-17/h4-15,23,28H,3,16H2,1-2H3/t23-/m0/s1. The highest BCUT2D eigenvalue weighted by atomic mass is 35.5. The molecular weight excluding hydrogens is 475 g/mol. The molecule has 0 fully saturated rings. The van der Waals surface area contributed by atoms with Gasteiger partial charge in [0.15, 0.2) is 0 Å². The first-order valence-electron chi connectivity index (χ1n) is 10.7.